The number of rotatable bonds is 5. The van der Waals surface area contributed by atoms with Crippen LogP contribution in [-0.2, 0) is 13.0 Å². The van der Waals surface area contributed by atoms with Gasteiger partial charge in [-0.05, 0) is 41.8 Å². The minimum absolute atomic E-state index is 0. The summed E-state index contributed by atoms with van der Waals surface area (Å²) < 4.78 is 25.8. The molecule has 0 aliphatic carbocycles. The summed E-state index contributed by atoms with van der Waals surface area (Å²) >= 11 is 0. The van der Waals surface area contributed by atoms with Crippen LogP contribution in [0.3, 0.4) is 0 Å². The number of nitrogens with one attached hydrogen (secondary N) is 1. The molecule has 0 heterocycles. The lowest BCUT2D eigenvalue weighted by molar-refractivity contribution is 0.476. The van der Waals surface area contributed by atoms with Crippen LogP contribution in [0, 0.1) is 11.6 Å². The van der Waals surface area contributed by atoms with E-state index in [2.05, 4.69) is 10.3 Å². The SMILES string of the molecule is CN=C(NCCc1ccc(F)cc1)N(C)Cc1ccc(F)cc1.I. The fraction of sp³-hybridized carbons (Fsp3) is 0.278. The van der Waals surface area contributed by atoms with Gasteiger partial charge in [-0.1, -0.05) is 24.3 Å². The fourth-order valence-electron chi connectivity index (χ4n) is 2.29. The van der Waals surface area contributed by atoms with Crippen molar-refractivity contribution in [3.63, 3.8) is 0 Å². The van der Waals surface area contributed by atoms with E-state index in [-0.39, 0.29) is 35.6 Å². The monoisotopic (exact) mass is 445 g/mol. The molecule has 2 rings (SSSR count). The molecule has 2 aromatic carbocycles. The van der Waals surface area contributed by atoms with E-state index in [4.69, 9.17) is 0 Å². The fourth-order valence-corrected chi connectivity index (χ4v) is 2.29. The first-order valence-corrected chi connectivity index (χ1v) is 7.49. The summed E-state index contributed by atoms with van der Waals surface area (Å²) in [6.07, 6.45) is 0.781. The highest BCUT2D eigenvalue weighted by Gasteiger charge is 2.06. The summed E-state index contributed by atoms with van der Waals surface area (Å²) in [6.45, 7) is 1.34. The van der Waals surface area contributed by atoms with Crippen LogP contribution in [0.15, 0.2) is 53.5 Å². The lowest BCUT2D eigenvalue weighted by atomic mass is 10.1. The number of aliphatic imine (C=N–C) groups is 1. The third kappa shape index (κ3) is 6.43. The van der Waals surface area contributed by atoms with Gasteiger partial charge < -0.3 is 10.2 Å². The summed E-state index contributed by atoms with van der Waals surface area (Å²) in [4.78, 5) is 6.21. The maximum atomic E-state index is 12.9. The van der Waals surface area contributed by atoms with Crippen molar-refractivity contribution in [2.24, 2.45) is 4.99 Å². The summed E-state index contributed by atoms with van der Waals surface area (Å²) in [7, 11) is 3.65. The molecule has 0 atom stereocenters. The molecule has 24 heavy (non-hydrogen) atoms. The molecule has 130 valence electrons. The molecular weight excluding hydrogens is 423 g/mol. The van der Waals surface area contributed by atoms with Gasteiger partial charge in [-0.3, -0.25) is 4.99 Å². The third-order valence-corrected chi connectivity index (χ3v) is 3.52. The predicted molar refractivity (Wildman–Crippen MR) is 105 cm³/mol. The number of hydrogen-bond acceptors (Lipinski definition) is 1. The Bertz CT molecular complexity index is 642. The second kappa shape index (κ2) is 10.2. The minimum atomic E-state index is -0.238. The van der Waals surface area contributed by atoms with Crippen molar-refractivity contribution in [1.82, 2.24) is 10.2 Å². The first kappa shape index (κ1) is 20.3. The zero-order valence-electron chi connectivity index (χ0n) is 13.8. The molecule has 0 bridgehead atoms. The molecule has 3 nitrogen and oxygen atoms in total. The van der Waals surface area contributed by atoms with Crippen molar-refractivity contribution >= 4 is 29.9 Å². The molecule has 0 fully saturated rings. The molecule has 0 aliphatic heterocycles. The van der Waals surface area contributed by atoms with E-state index in [0.29, 0.717) is 13.1 Å². The first-order chi connectivity index (χ1) is 11.1. The number of hydrogen-bond donors (Lipinski definition) is 1. The van der Waals surface area contributed by atoms with Crippen LogP contribution in [0.4, 0.5) is 8.78 Å². The number of nitrogens with zero attached hydrogens (tertiary/aromatic N) is 2. The van der Waals surface area contributed by atoms with Gasteiger partial charge in [0.15, 0.2) is 5.96 Å². The second-order valence-corrected chi connectivity index (χ2v) is 5.33. The largest absolute Gasteiger partial charge is 0.356 e. The van der Waals surface area contributed by atoms with E-state index in [1.807, 2.05) is 11.9 Å². The highest BCUT2D eigenvalue weighted by atomic mass is 127. The smallest absolute Gasteiger partial charge is 0.193 e. The van der Waals surface area contributed by atoms with E-state index >= 15 is 0 Å². The lowest BCUT2D eigenvalue weighted by Gasteiger charge is -2.22. The normalized spacial score (nSPS) is 10.9. The highest BCUT2D eigenvalue weighted by molar-refractivity contribution is 14.0. The van der Waals surface area contributed by atoms with E-state index in [9.17, 15) is 8.78 Å². The molecule has 0 unspecified atom stereocenters. The van der Waals surface area contributed by atoms with Gasteiger partial charge in [-0.15, -0.1) is 24.0 Å². The molecule has 6 heteroatoms. The summed E-state index contributed by atoms with van der Waals surface area (Å²) in [5, 5.41) is 3.27. The zero-order valence-corrected chi connectivity index (χ0v) is 16.1. The van der Waals surface area contributed by atoms with E-state index < -0.39 is 0 Å². The average molecular weight is 445 g/mol. The Balaban J connectivity index is 0.00000288. The van der Waals surface area contributed by atoms with Gasteiger partial charge in [0.05, 0.1) is 0 Å². The standard InChI is InChI=1S/C18H21F2N3.HI/c1-21-18(22-12-11-14-3-7-16(19)8-4-14)23(2)13-15-5-9-17(20)10-6-15;/h3-10H,11-13H2,1-2H3,(H,21,22);1H. The average Bonchev–Trinajstić information content (AvgIpc) is 2.55. The molecule has 0 aliphatic rings. The molecular formula is C18H22F2IN3. The predicted octanol–water partition coefficient (Wildman–Crippen LogP) is 3.83. The number of halogens is 3. The third-order valence-electron chi connectivity index (χ3n) is 3.52. The molecule has 0 saturated heterocycles. The summed E-state index contributed by atoms with van der Waals surface area (Å²) in [5.41, 5.74) is 2.07. The molecule has 0 spiro atoms. The van der Waals surface area contributed by atoms with Crippen LogP contribution in [0.25, 0.3) is 0 Å². The second-order valence-electron chi connectivity index (χ2n) is 5.33. The van der Waals surface area contributed by atoms with Crippen molar-refractivity contribution in [2.45, 2.75) is 13.0 Å². The van der Waals surface area contributed by atoms with Gasteiger partial charge in [0.1, 0.15) is 11.6 Å². The van der Waals surface area contributed by atoms with Crippen LogP contribution in [0.5, 0.6) is 0 Å². The Hall–Kier alpha value is -1.70. The maximum absolute atomic E-state index is 12.9. The van der Waals surface area contributed by atoms with Gasteiger partial charge in [-0.2, -0.15) is 0 Å². The first-order valence-electron chi connectivity index (χ1n) is 7.49. The topological polar surface area (TPSA) is 27.6 Å². The van der Waals surface area contributed by atoms with Gasteiger partial charge in [0, 0.05) is 27.2 Å². The Morgan fingerprint density at radius 3 is 1.96 bits per heavy atom. The molecule has 0 amide bonds. The molecule has 0 saturated carbocycles. The van der Waals surface area contributed by atoms with Gasteiger partial charge >= 0.3 is 0 Å². The van der Waals surface area contributed by atoms with Crippen molar-refractivity contribution in [1.29, 1.82) is 0 Å². The zero-order chi connectivity index (χ0) is 16.7. The molecule has 2 aromatic rings. The van der Waals surface area contributed by atoms with E-state index in [0.717, 1.165) is 23.5 Å². The summed E-state index contributed by atoms with van der Waals surface area (Å²) in [6, 6.07) is 12.9. The van der Waals surface area contributed by atoms with Crippen LogP contribution < -0.4 is 5.32 Å². The molecule has 0 aromatic heterocycles. The quantitative estimate of drug-likeness (QED) is 0.431. The maximum Gasteiger partial charge on any atom is 0.193 e. The Morgan fingerprint density at radius 2 is 1.46 bits per heavy atom. The Kier molecular flexibility index (Phi) is 8.67. The van der Waals surface area contributed by atoms with Crippen molar-refractivity contribution < 1.29 is 8.78 Å². The number of benzene rings is 2. The van der Waals surface area contributed by atoms with Gasteiger partial charge in [0.25, 0.3) is 0 Å². The van der Waals surface area contributed by atoms with Crippen molar-refractivity contribution in [2.75, 3.05) is 20.6 Å². The van der Waals surface area contributed by atoms with Crippen LogP contribution in [0.2, 0.25) is 0 Å². The van der Waals surface area contributed by atoms with E-state index in [1.54, 1.807) is 31.3 Å². The Labute approximate surface area is 158 Å². The van der Waals surface area contributed by atoms with Crippen LogP contribution >= 0.6 is 24.0 Å². The van der Waals surface area contributed by atoms with Crippen LogP contribution in [-0.4, -0.2) is 31.5 Å². The van der Waals surface area contributed by atoms with Crippen molar-refractivity contribution in [3.05, 3.63) is 71.3 Å². The Morgan fingerprint density at radius 1 is 0.958 bits per heavy atom. The van der Waals surface area contributed by atoms with Gasteiger partial charge in [0.2, 0.25) is 0 Å². The number of guanidine groups is 1. The lowest BCUT2D eigenvalue weighted by Crippen LogP contribution is -2.39. The van der Waals surface area contributed by atoms with Gasteiger partial charge in [-0.25, -0.2) is 8.78 Å². The van der Waals surface area contributed by atoms with E-state index in [1.165, 1.54) is 24.3 Å². The highest BCUT2D eigenvalue weighted by Crippen LogP contribution is 2.06. The molecule has 1 N–H and O–H groups in total. The van der Waals surface area contributed by atoms with Crippen LogP contribution in [0.1, 0.15) is 11.1 Å². The molecule has 0 radical (unpaired) electrons. The minimum Gasteiger partial charge on any atom is -0.356 e. The van der Waals surface area contributed by atoms with Crippen molar-refractivity contribution in [3.8, 4) is 0 Å². The summed E-state index contributed by atoms with van der Waals surface area (Å²) in [5.74, 6) is 0.297.